The van der Waals surface area contributed by atoms with Crippen molar-refractivity contribution in [2.24, 2.45) is 0 Å². The Morgan fingerprint density at radius 3 is 2.23 bits per heavy atom. The van der Waals surface area contributed by atoms with Gasteiger partial charge in [-0.1, -0.05) is 44.0 Å². The molecule has 1 saturated heterocycles. The van der Waals surface area contributed by atoms with Crippen LogP contribution in [0.25, 0.3) is 11.0 Å². The Bertz CT molecular complexity index is 936. The second kappa shape index (κ2) is 7.93. The molecule has 30 heavy (non-hydrogen) atoms. The Labute approximate surface area is 184 Å². The SMILES string of the molecule is CC(C)(C)[Si](C)(C)OCCn1c(C2(C(F)(F)F)OCCO2)nc2cc(Cl)c(Cl)cc21. The fraction of sp³-hybridized carbons (Fsp3) is 0.632. The van der Waals surface area contributed by atoms with Gasteiger partial charge in [0.15, 0.2) is 14.1 Å². The fourth-order valence-electron chi connectivity index (χ4n) is 3.04. The van der Waals surface area contributed by atoms with Gasteiger partial charge in [-0.25, -0.2) is 4.98 Å². The van der Waals surface area contributed by atoms with Crippen molar-refractivity contribution >= 4 is 42.6 Å². The van der Waals surface area contributed by atoms with Crippen LogP contribution in [0.2, 0.25) is 28.2 Å². The molecule has 0 aliphatic carbocycles. The Balaban J connectivity index is 2.07. The van der Waals surface area contributed by atoms with Crippen molar-refractivity contribution in [1.29, 1.82) is 0 Å². The van der Waals surface area contributed by atoms with Gasteiger partial charge in [-0.05, 0) is 30.3 Å². The summed E-state index contributed by atoms with van der Waals surface area (Å²) in [6.45, 7) is 10.4. The number of imidazole rings is 1. The zero-order valence-corrected chi connectivity index (χ0v) is 20.0. The number of aromatic nitrogens is 2. The van der Waals surface area contributed by atoms with Crippen LogP contribution >= 0.6 is 23.2 Å². The highest BCUT2D eigenvalue weighted by molar-refractivity contribution is 6.74. The average molecular weight is 485 g/mol. The molecule has 1 fully saturated rings. The number of halogens is 5. The quantitative estimate of drug-likeness (QED) is 0.479. The van der Waals surface area contributed by atoms with E-state index in [4.69, 9.17) is 37.1 Å². The summed E-state index contributed by atoms with van der Waals surface area (Å²) in [6, 6.07) is 2.94. The van der Waals surface area contributed by atoms with Crippen molar-refractivity contribution in [2.75, 3.05) is 19.8 Å². The molecule has 0 spiro atoms. The van der Waals surface area contributed by atoms with Gasteiger partial charge in [0.05, 0.1) is 40.9 Å². The minimum atomic E-state index is -4.82. The number of hydrogen-bond acceptors (Lipinski definition) is 4. The summed E-state index contributed by atoms with van der Waals surface area (Å²) in [7, 11) is -2.10. The monoisotopic (exact) mass is 484 g/mol. The van der Waals surface area contributed by atoms with E-state index in [0.717, 1.165) is 0 Å². The molecule has 168 valence electrons. The molecule has 5 nitrogen and oxygen atoms in total. The van der Waals surface area contributed by atoms with Crippen LogP contribution in [0.1, 0.15) is 26.6 Å². The van der Waals surface area contributed by atoms with Gasteiger partial charge in [0.2, 0.25) is 0 Å². The van der Waals surface area contributed by atoms with Crippen molar-refractivity contribution in [1.82, 2.24) is 9.55 Å². The first kappa shape index (κ1) is 23.8. The minimum Gasteiger partial charge on any atom is -0.415 e. The third kappa shape index (κ3) is 4.12. The highest BCUT2D eigenvalue weighted by Crippen LogP contribution is 2.46. The van der Waals surface area contributed by atoms with Gasteiger partial charge < -0.3 is 18.5 Å². The number of rotatable bonds is 5. The van der Waals surface area contributed by atoms with Crippen molar-refractivity contribution in [3.05, 3.63) is 28.0 Å². The Hall–Kier alpha value is -0.843. The summed E-state index contributed by atoms with van der Waals surface area (Å²) in [5, 5.41) is 0.387. The highest BCUT2D eigenvalue weighted by atomic mass is 35.5. The van der Waals surface area contributed by atoms with E-state index < -0.39 is 20.3 Å². The second-order valence-corrected chi connectivity index (χ2v) is 14.4. The lowest BCUT2D eigenvalue weighted by Crippen LogP contribution is -2.46. The van der Waals surface area contributed by atoms with Crippen LogP contribution in [0.4, 0.5) is 13.2 Å². The fourth-order valence-corrected chi connectivity index (χ4v) is 4.39. The number of hydrogen-bond donors (Lipinski definition) is 0. The molecule has 0 N–H and O–H groups in total. The summed E-state index contributed by atoms with van der Waals surface area (Å²) in [5.41, 5.74) is 0.676. The number of nitrogens with zero attached hydrogens (tertiary/aromatic N) is 2. The number of benzene rings is 1. The molecule has 2 heterocycles. The minimum absolute atomic E-state index is 0.0332. The molecule has 0 atom stereocenters. The Morgan fingerprint density at radius 2 is 1.70 bits per heavy atom. The third-order valence-electron chi connectivity index (χ3n) is 5.74. The summed E-state index contributed by atoms with van der Waals surface area (Å²) < 4.78 is 59.9. The van der Waals surface area contributed by atoms with Gasteiger partial charge >= 0.3 is 12.0 Å². The molecule has 0 saturated carbocycles. The summed E-state index contributed by atoms with van der Waals surface area (Å²) in [6.07, 6.45) is -4.82. The maximum Gasteiger partial charge on any atom is 0.451 e. The molecule has 1 aliphatic rings. The van der Waals surface area contributed by atoms with Gasteiger partial charge in [0.25, 0.3) is 0 Å². The first-order valence-corrected chi connectivity index (χ1v) is 13.2. The summed E-state index contributed by atoms with van der Waals surface area (Å²) in [4.78, 5) is 4.20. The second-order valence-electron chi connectivity index (χ2n) is 8.76. The van der Waals surface area contributed by atoms with E-state index in [1.165, 1.54) is 16.7 Å². The van der Waals surface area contributed by atoms with Crippen LogP contribution in [-0.4, -0.2) is 43.9 Å². The number of fused-ring (bicyclic) bond motifs is 1. The van der Waals surface area contributed by atoms with Crippen LogP contribution in [0.3, 0.4) is 0 Å². The molecule has 11 heteroatoms. The summed E-state index contributed by atoms with van der Waals surface area (Å²) >= 11 is 12.2. The van der Waals surface area contributed by atoms with Crippen LogP contribution in [-0.2, 0) is 26.2 Å². The maximum atomic E-state index is 14.1. The number of alkyl halides is 3. The van der Waals surface area contributed by atoms with E-state index >= 15 is 0 Å². The average Bonchev–Trinajstić information content (AvgIpc) is 3.20. The van der Waals surface area contributed by atoms with Crippen molar-refractivity contribution < 1.29 is 27.1 Å². The van der Waals surface area contributed by atoms with Crippen molar-refractivity contribution in [3.63, 3.8) is 0 Å². The van der Waals surface area contributed by atoms with E-state index in [1.807, 2.05) is 0 Å². The van der Waals surface area contributed by atoms with E-state index in [2.05, 4.69) is 38.8 Å². The van der Waals surface area contributed by atoms with Crippen LogP contribution in [0, 0.1) is 0 Å². The first-order valence-electron chi connectivity index (χ1n) is 9.54. The molecule has 1 aromatic carbocycles. The van der Waals surface area contributed by atoms with E-state index in [1.54, 1.807) is 0 Å². The van der Waals surface area contributed by atoms with Crippen molar-refractivity contribution in [3.8, 4) is 0 Å². The third-order valence-corrected chi connectivity index (χ3v) is 11.0. The topological polar surface area (TPSA) is 45.5 Å². The van der Waals surface area contributed by atoms with Gasteiger partial charge in [0.1, 0.15) is 0 Å². The van der Waals surface area contributed by atoms with Gasteiger partial charge in [-0.2, -0.15) is 13.2 Å². The van der Waals surface area contributed by atoms with E-state index in [9.17, 15) is 13.2 Å². The maximum absolute atomic E-state index is 14.1. The van der Waals surface area contributed by atoms with Crippen LogP contribution in [0.15, 0.2) is 12.1 Å². The normalized spacial score (nSPS) is 17.8. The molecule has 1 aromatic heterocycles. The van der Waals surface area contributed by atoms with Gasteiger partial charge in [-0.3, -0.25) is 0 Å². The Kier molecular flexibility index (Phi) is 6.30. The molecular formula is C19H25Cl2F3N2O3Si. The molecule has 0 bridgehead atoms. The molecule has 0 radical (unpaired) electrons. The predicted octanol–water partition coefficient (Wildman–Crippen LogP) is 6.13. The van der Waals surface area contributed by atoms with E-state index in [0.29, 0.717) is 5.52 Å². The lowest BCUT2D eigenvalue weighted by molar-refractivity contribution is -0.356. The van der Waals surface area contributed by atoms with Crippen molar-refractivity contribution in [2.45, 2.75) is 57.4 Å². The molecule has 3 rings (SSSR count). The van der Waals surface area contributed by atoms with Crippen LogP contribution < -0.4 is 0 Å². The van der Waals surface area contributed by atoms with E-state index in [-0.39, 0.29) is 52.8 Å². The first-order chi connectivity index (χ1) is 13.7. The molecule has 1 aliphatic heterocycles. The zero-order valence-electron chi connectivity index (χ0n) is 17.5. The Morgan fingerprint density at radius 1 is 1.13 bits per heavy atom. The summed E-state index contributed by atoms with van der Waals surface area (Å²) in [5.74, 6) is -3.33. The largest absolute Gasteiger partial charge is 0.451 e. The number of ether oxygens (including phenoxy) is 2. The molecule has 0 unspecified atom stereocenters. The van der Waals surface area contributed by atoms with Gasteiger partial charge in [0, 0.05) is 6.54 Å². The smallest absolute Gasteiger partial charge is 0.415 e. The predicted molar refractivity (Wildman–Crippen MR) is 113 cm³/mol. The van der Waals surface area contributed by atoms with Crippen LogP contribution in [0.5, 0.6) is 0 Å². The van der Waals surface area contributed by atoms with Gasteiger partial charge in [-0.15, -0.1) is 0 Å². The molecular weight excluding hydrogens is 460 g/mol. The molecule has 0 amide bonds. The molecule has 2 aromatic rings. The lowest BCUT2D eigenvalue weighted by atomic mass is 10.2. The lowest BCUT2D eigenvalue weighted by Gasteiger charge is -2.36. The standard InChI is InChI=1S/C19H25Cl2F3N2O3Si/c1-17(2,3)30(4,5)29-7-6-26-15-11-13(21)12(20)10-14(15)25-16(26)18(19(22,23)24)27-8-9-28-18/h10-11H,6-9H2,1-5H3. The zero-order chi connectivity index (χ0) is 22.5. The highest BCUT2D eigenvalue weighted by Gasteiger charge is 2.64.